The van der Waals surface area contributed by atoms with E-state index in [2.05, 4.69) is 4.98 Å². The van der Waals surface area contributed by atoms with Crippen LogP contribution in [0, 0.1) is 0 Å². The van der Waals surface area contributed by atoms with Crippen molar-refractivity contribution in [3.63, 3.8) is 0 Å². The quantitative estimate of drug-likeness (QED) is 0.746. The van der Waals surface area contributed by atoms with Crippen LogP contribution in [0.2, 0.25) is 0 Å². The number of carboxylic acid groups (broad SMARTS) is 1. The van der Waals surface area contributed by atoms with E-state index in [1.807, 2.05) is 19.9 Å². The zero-order valence-corrected chi connectivity index (χ0v) is 8.32. The van der Waals surface area contributed by atoms with Crippen LogP contribution in [0.15, 0.2) is 30.1 Å². The first-order valence-corrected chi connectivity index (χ1v) is 4.50. The first-order chi connectivity index (χ1) is 6.66. The van der Waals surface area contributed by atoms with Gasteiger partial charge in [0.05, 0.1) is 0 Å². The number of carbonyl (C=O) groups is 1. The average molecular weight is 191 g/mol. The number of pyridine rings is 1. The van der Waals surface area contributed by atoms with E-state index in [4.69, 9.17) is 5.11 Å². The lowest BCUT2D eigenvalue weighted by molar-refractivity contribution is -0.132. The van der Waals surface area contributed by atoms with E-state index in [1.165, 1.54) is 0 Å². The molecule has 0 fully saturated rings. The molecule has 0 unspecified atom stereocenters. The van der Waals surface area contributed by atoms with Crippen molar-refractivity contribution in [3.8, 4) is 0 Å². The predicted molar refractivity (Wildman–Crippen MR) is 54.8 cm³/mol. The second kappa shape index (κ2) is 4.56. The fourth-order valence-corrected chi connectivity index (χ4v) is 1.34. The summed E-state index contributed by atoms with van der Waals surface area (Å²) < 4.78 is 0. The van der Waals surface area contributed by atoms with Crippen LogP contribution in [-0.4, -0.2) is 16.1 Å². The normalized spacial score (nSPS) is 12.1. The first-order valence-electron chi connectivity index (χ1n) is 4.50. The van der Waals surface area contributed by atoms with Gasteiger partial charge in [0.15, 0.2) is 0 Å². The van der Waals surface area contributed by atoms with Gasteiger partial charge in [-0.15, -0.1) is 0 Å². The van der Waals surface area contributed by atoms with Crippen LogP contribution in [0.5, 0.6) is 0 Å². The minimum Gasteiger partial charge on any atom is -0.478 e. The molecule has 0 spiro atoms. The Morgan fingerprint density at radius 1 is 1.57 bits per heavy atom. The molecule has 0 amide bonds. The summed E-state index contributed by atoms with van der Waals surface area (Å²) in [5, 5.41) is 8.93. The average Bonchev–Trinajstić information content (AvgIpc) is 2.19. The number of hydrogen-bond donors (Lipinski definition) is 1. The molecule has 0 aliphatic carbocycles. The summed E-state index contributed by atoms with van der Waals surface area (Å²) in [5.41, 5.74) is 2.10. The Kier molecular flexibility index (Phi) is 3.40. The van der Waals surface area contributed by atoms with Crippen molar-refractivity contribution in [1.29, 1.82) is 0 Å². The highest BCUT2D eigenvalue weighted by molar-refractivity contribution is 5.95. The standard InChI is InChI=1S/C11H13NO2/c1-3-10(11(13)14)8(2)9-5-4-6-12-7-9/h4-7H,3H2,1-2H3,(H,13,14). The molecule has 1 heterocycles. The molecule has 0 radical (unpaired) electrons. The van der Waals surface area contributed by atoms with Crippen molar-refractivity contribution in [2.75, 3.05) is 0 Å². The first kappa shape index (κ1) is 10.4. The summed E-state index contributed by atoms with van der Waals surface area (Å²) in [5.74, 6) is -0.853. The van der Waals surface area contributed by atoms with E-state index in [0.717, 1.165) is 11.1 Å². The van der Waals surface area contributed by atoms with E-state index < -0.39 is 5.97 Å². The fraction of sp³-hybridized carbons (Fsp3) is 0.273. The van der Waals surface area contributed by atoms with E-state index in [9.17, 15) is 4.79 Å². The molecular formula is C11H13NO2. The highest BCUT2D eigenvalue weighted by Crippen LogP contribution is 2.19. The van der Waals surface area contributed by atoms with Crippen LogP contribution in [0.25, 0.3) is 5.57 Å². The van der Waals surface area contributed by atoms with Gasteiger partial charge in [-0.2, -0.15) is 0 Å². The maximum absolute atomic E-state index is 10.9. The van der Waals surface area contributed by atoms with Gasteiger partial charge >= 0.3 is 5.97 Å². The van der Waals surface area contributed by atoms with Gasteiger partial charge in [0, 0.05) is 18.0 Å². The van der Waals surface area contributed by atoms with Gasteiger partial charge in [0.1, 0.15) is 0 Å². The summed E-state index contributed by atoms with van der Waals surface area (Å²) in [4.78, 5) is 14.8. The SMILES string of the molecule is CCC(C(=O)O)=C(C)c1cccnc1. The molecule has 1 aromatic heterocycles. The van der Waals surface area contributed by atoms with Gasteiger partial charge in [0.2, 0.25) is 0 Å². The highest BCUT2D eigenvalue weighted by atomic mass is 16.4. The number of allylic oxidation sites excluding steroid dienone is 1. The van der Waals surface area contributed by atoms with E-state index in [0.29, 0.717) is 12.0 Å². The number of aromatic nitrogens is 1. The Hall–Kier alpha value is -1.64. The van der Waals surface area contributed by atoms with Crippen molar-refractivity contribution in [1.82, 2.24) is 4.98 Å². The smallest absolute Gasteiger partial charge is 0.331 e. The Morgan fingerprint density at radius 2 is 2.29 bits per heavy atom. The summed E-state index contributed by atoms with van der Waals surface area (Å²) >= 11 is 0. The summed E-state index contributed by atoms with van der Waals surface area (Å²) in [6.07, 6.45) is 3.87. The molecule has 0 aliphatic heterocycles. The molecule has 0 aliphatic rings. The predicted octanol–water partition coefficient (Wildman–Crippen LogP) is 2.35. The molecule has 0 atom stereocenters. The van der Waals surface area contributed by atoms with Crippen LogP contribution in [0.4, 0.5) is 0 Å². The van der Waals surface area contributed by atoms with E-state index in [1.54, 1.807) is 18.5 Å². The zero-order chi connectivity index (χ0) is 10.6. The van der Waals surface area contributed by atoms with Crippen LogP contribution in [0.3, 0.4) is 0 Å². The van der Waals surface area contributed by atoms with Crippen molar-refractivity contribution >= 4 is 11.5 Å². The highest BCUT2D eigenvalue weighted by Gasteiger charge is 2.09. The largest absolute Gasteiger partial charge is 0.478 e. The Labute approximate surface area is 83.1 Å². The lowest BCUT2D eigenvalue weighted by Gasteiger charge is -2.05. The molecule has 0 saturated heterocycles. The minimum atomic E-state index is -0.853. The number of nitrogens with zero attached hydrogens (tertiary/aromatic N) is 1. The summed E-state index contributed by atoms with van der Waals surface area (Å²) in [6, 6.07) is 3.66. The number of hydrogen-bond acceptors (Lipinski definition) is 2. The molecule has 1 aromatic rings. The van der Waals surface area contributed by atoms with Gasteiger partial charge in [-0.3, -0.25) is 4.98 Å². The molecule has 1 N–H and O–H groups in total. The van der Waals surface area contributed by atoms with E-state index >= 15 is 0 Å². The van der Waals surface area contributed by atoms with Crippen molar-refractivity contribution in [2.45, 2.75) is 20.3 Å². The van der Waals surface area contributed by atoms with Gasteiger partial charge in [-0.1, -0.05) is 13.0 Å². The number of rotatable bonds is 3. The van der Waals surface area contributed by atoms with Crippen LogP contribution >= 0.6 is 0 Å². The minimum absolute atomic E-state index is 0.443. The van der Waals surface area contributed by atoms with Crippen LogP contribution in [-0.2, 0) is 4.79 Å². The number of carboxylic acids is 1. The number of aliphatic carboxylic acids is 1. The fourth-order valence-electron chi connectivity index (χ4n) is 1.34. The van der Waals surface area contributed by atoms with Crippen LogP contribution < -0.4 is 0 Å². The molecule has 3 nitrogen and oxygen atoms in total. The van der Waals surface area contributed by atoms with Gasteiger partial charge in [-0.25, -0.2) is 4.79 Å². The van der Waals surface area contributed by atoms with Gasteiger partial charge in [-0.05, 0) is 30.5 Å². The molecule has 14 heavy (non-hydrogen) atoms. The van der Waals surface area contributed by atoms with Crippen LogP contribution in [0.1, 0.15) is 25.8 Å². The van der Waals surface area contributed by atoms with Gasteiger partial charge < -0.3 is 5.11 Å². The van der Waals surface area contributed by atoms with Gasteiger partial charge in [0.25, 0.3) is 0 Å². The second-order valence-electron chi connectivity index (χ2n) is 3.00. The molecule has 0 bridgehead atoms. The monoisotopic (exact) mass is 191 g/mol. The topological polar surface area (TPSA) is 50.2 Å². The zero-order valence-electron chi connectivity index (χ0n) is 8.32. The van der Waals surface area contributed by atoms with E-state index in [-0.39, 0.29) is 0 Å². The Morgan fingerprint density at radius 3 is 2.71 bits per heavy atom. The Bertz CT molecular complexity index is 355. The lowest BCUT2D eigenvalue weighted by Crippen LogP contribution is -2.02. The molecule has 1 rings (SSSR count). The molecule has 3 heteroatoms. The molecule has 0 aromatic carbocycles. The Balaban J connectivity index is 3.15. The summed E-state index contributed by atoms with van der Waals surface area (Å²) in [6.45, 7) is 3.65. The maximum atomic E-state index is 10.9. The lowest BCUT2D eigenvalue weighted by atomic mass is 10.0. The molecule has 0 saturated carbocycles. The van der Waals surface area contributed by atoms with Crippen molar-refractivity contribution in [2.24, 2.45) is 0 Å². The maximum Gasteiger partial charge on any atom is 0.331 e. The third kappa shape index (κ3) is 2.19. The summed E-state index contributed by atoms with van der Waals surface area (Å²) in [7, 11) is 0. The molecular weight excluding hydrogens is 178 g/mol. The van der Waals surface area contributed by atoms with Crippen molar-refractivity contribution < 1.29 is 9.90 Å². The third-order valence-corrected chi connectivity index (χ3v) is 2.16. The van der Waals surface area contributed by atoms with Crippen molar-refractivity contribution in [3.05, 3.63) is 35.7 Å². The molecule has 74 valence electrons. The third-order valence-electron chi connectivity index (χ3n) is 2.16. The second-order valence-corrected chi connectivity index (χ2v) is 3.00.